The molecule has 0 heterocycles. The number of amides is 1. The number of nitrogens with zero attached hydrogens (tertiary/aromatic N) is 1. The Morgan fingerprint density at radius 3 is 2.79 bits per heavy atom. The number of nitrogens with one attached hydrogen (secondary N) is 1. The Balaban J connectivity index is 2.69. The molecule has 0 saturated heterocycles. The first-order valence-electron chi connectivity index (χ1n) is 5.81. The minimum atomic E-state index is -0.534. The highest BCUT2D eigenvalue weighted by Gasteiger charge is 2.13. The Kier molecular flexibility index (Phi) is 6.24. The van der Waals surface area contributed by atoms with Crippen LogP contribution in [-0.4, -0.2) is 22.8 Å². The van der Waals surface area contributed by atoms with Gasteiger partial charge in [-0.1, -0.05) is 22.9 Å². The summed E-state index contributed by atoms with van der Waals surface area (Å²) in [5.74, 6) is -0.343. The van der Waals surface area contributed by atoms with Gasteiger partial charge in [0.1, 0.15) is 0 Å². The molecule has 0 saturated carbocycles. The second kappa shape index (κ2) is 7.45. The van der Waals surface area contributed by atoms with Crippen LogP contribution in [0.25, 0.3) is 0 Å². The summed E-state index contributed by atoms with van der Waals surface area (Å²) < 4.78 is 0.496. The maximum Gasteiger partial charge on any atom is 0.271 e. The Bertz CT molecular complexity index is 482. The summed E-state index contributed by atoms with van der Waals surface area (Å²) in [5.41, 5.74) is 0.131. The number of hydrogen-bond acceptors (Lipinski definition) is 3. The first kappa shape index (κ1) is 15.9. The van der Waals surface area contributed by atoms with E-state index in [-0.39, 0.29) is 22.5 Å². The van der Waals surface area contributed by atoms with Crippen LogP contribution in [0.4, 0.5) is 5.69 Å². The van der Waals surface area contributed by atoms with Gasteiger partial charge in [-0.25, -0.2) is 0 Å². The maximum absolute atomic E-state index is 11.8. The second-order valence-electron chi connectivity index (χ2n) is 4.01. The molecule has 0 radical (unpaired) electrons. The molecule has 0 aliphatic carbocycles. The molecule has 0 bridgehead atoms. The number of nitro benzene ring substituents is 1. The topological polar surface area (TPSA) is 72.2 Å². The molecule has 0 fully saturated rings. The summed E-state index contributed by atoms with van der Waals surface area (Å²) in [7, 11) is 0. The number of nitro groups is 1. The van der Waals surface area contributed by atoms with Gasteiger partial charge in [0.05, 0.1) is 4.92 Å². The van der Waals surface area contributed by atoms with Crippen molar-refractivity contribution in [1.29, 1.82) is 0 Å². The fourth-order valence-corrected chi connectivity index (χ4v) is 2.05. The molecule has 104 valence electrons. The van der Waals surface area contributed by atoms with Crippen molar-refractivity contribution in [1.82, 2.24) is 5.32 Å². The normalized spacial score (nSPS) is 11.9. The maximum atomic E-state index is 11.8. The molecular weight excluding hydrogens is 336 g/mol. The second-order valence-corrected chi connectivity index (χ2v) is 5.54. The van der Waals surface area contributed by atoms with Gasteiger partial charge >= 0.3 is 0 Å². The van der Waals surface area contributed by atoms with E-state index >= 15 is 0 Å². The van der Waals surface area contributed by atoms with Crippen LogP contribution in [0.5, 0.6) is 0 Å². The van der Waals surface area contributed by atoms with E-state index in [1.807, 2.05) is 6.92 Å². The van der Waals surface area contributed by atoms with Crippen LogP contribution in [-0.2, 0) is 0 Å². The van der Waals surface area contributed by atoms with Crippen LogP contribution in [0.2, 0.25) is 0 Å². The molecule has 1 aromatic rings. The van der Waals surface area contributed by atoms with Gasteiger partial charge in [-0.05, 0) is 18.9 Å². The quantitative estimate of drug-likeness (QED) is 0.485. The van der Waals surface area contributed by atoms with E-state index in [0.717, 1.165) is 6.42 Å². The van der Waals surface area contributed by atoms with Gasteiger partial charge in [0.15, 0.2) is 0 Å². The molecule has 19 heavy (non-hydrogen) atoms. The highest BCUT2D eigenvalue weighted by molar-refractivity contribution is 9.10. The third-order valence-electron chi connectivity index (χ3n) is 2.54. The zero-order chi connectivity index (χ0) is 14.4. The van der Waals surface area contributed by atoms with Crippen molar-refractivity contribution < 1.29 is 9.72 Å². The smallest absolute Gasteiger partial charge is 0.271 e. The van der Waals surface area contributed by atoms with E-state index < -0.39 is 4.92 Å². The molecular formula is C12H14BrClN2O3. The first-order valence-corrected chi connectivity index (χ1v) is 7.04. The Labute approximate surface area is 124 Å². The van der Waals surface area contributed by atoms with E-state index in [4.69, 9.17) is 11.6 Å². The van der Waals surface area contributed by atoms with Gasteiger partial charge in [-0.3, -0.25) is 14.9 Å². The first-order chi connectivity index (χ1) is 8.93. The van der Waals surface area contributed by atoms with Gasteiger partial charge in [0.25, 0.3) is 11.6 Å². The summed E-state index contributed by atoms with van der Waals surface area (Å²) in [6.45, 7) is 2.41. The van der Waals surface area contributed by atoms with Gasteiger partial charge in [-0.15, -0.1) is 11.6 Å². The number of halogens is 2. The van der Waals surface area contributed by atoms with Crippen LogP contribution < -0.4 is 5.32 Å². The van der Waals surface area contributed by atoms with Crippen LogP contribution in [0.3, 0.4) is 0 Å². The fourth-order valence-electron chi connectivity index (χ4n) is 1.46. The molecule has 1 aromatic carbocycles. The van der Waals surface area contributed by atoms with Crippen molar-refractivity contribution in [2.75, 3.05) is 6.54 Å². The lowest BCUT2D eigenvalue weighted by molar-refractivity contribution is -0.385. The van der Waals surface area contributed by atoms with Crippen molar-refractivity contribution >= 4 is 39.1 Å². The van der Waals surface area contributed by atoms with Crippen molar-refractivity contribution in [3.8, 4) is 0 Å². The third kappa shape index (κ3) is 5.16. The lowest BCUT2D eigenvalue weighted by Gasteiger charge is -2.08. The molecule has 1 atom stereocenters. The zero-order valence-electron chi connectivity index (χ0n) is 10.4. The van der Waals surface area contributed by atoms with Gasteiger partial charge in [-0.2, -0.15) is 0 Å². The zero-order valence-corrected chi connectivity index (χ0v) is 12.7. The predicted molar refractivity (Wildman–Crippen MR) is 77.7 cm³/mol. The summed E-state index contributed by atoms with van der Waals surface area (Å²) in [4.78, 5) is 22.0. The highest BCUT2D eigenvalue weighted by Crippen LogP contribution is 2.21. The van der Waals surface area contributed by atoms with E-state index in [0.29, 0.717) is 17.4 Å². The number of carbonyl (C=O) groups is 1. The average Bonchev–Trinajstić information content (AvgIpc) is 2.37. The van der Waals surface area contributed by atoms with Crippen LogP contribution >= 0.6 is 27.5 Å². The molecule has 5 nitrogen and oxygen atoms in total. The summed E-state index contributed by atoms with van der Waals surface area (Å²) >= 11 is 9.09. The molecule has 0 aromatic heterocycles. The van der Waals surface area contributed by atoms with Crippen LogP contribution in [0.1, 0.15) is 30.1 Å². The van der Waals surface area contributed by atoms with Crippen molar-refractivity contribution in [2.45, 2.75) is 25.1 Å². The predicted octanol–water partition coefficient (Wildman–Crippen LogP) is 3.49. The number of carbonyl (C=O) groups excluding carboxylic acids is 1. The molecule has 1 N–H and O–H groups in total. The van der Waals surface area contributed by atoms with E-state index in [1.165, 1.54) is 12.1 Å². The number of hydrogen-bond donors (Lipinski definition) is 1. The average molecular weight is 350 g/mol. The Morgan fingerprint density at radius 1 is 1.53 bits per heavy atom. The molecule has 0 aliphatic rings. The van der Waals surface area contributed by atoms with E-state index in [9.17, 15) is 14.9 Å². The molecule has 1 amide bonds. The fraction of sp³-hybridized carbons (Fsp3) is 0.417. The minimum Gasteiger partial charge on any atom is -0.352 e. The summed E-state index contributed by atoms with van der Waals surface area (Å²) in [5, 5.41) is 13.4. The van der Waals surface area contributed by atoms with Gasteiger partial charge in [0, 0.05) is 34.1 Å². The molecule has 0 aliphatic heterocycles. The van der Waals surface area contributed by atoms with Gasteiger partial charge < -0.3 is 5.32 Å². The third-order valence-corrected chi connectivity index (χ3v) is 3.53. The largest absolute Gasteiger partial charge is 0.352 e. The van der Waals surface area contributed by atoms with Crippen LogP contribution in [0.15, 0.2) is 22.7 Å². The molecule has 7 heteroatoms. The molecule has 1 unspecified atom stereocenters. The SMILES string of the molecule is CCC(Cl)CCNC(=O)c1cc(Br)cc([N+](=O)[O-])c1. The lowest BCUT2D eigenvalue weighted by Crippen LogP contribution is -2.26. The standard InChI is InChI=1S/C12H14BrClN2O3/c1-2-10(14)3-4-15-12(17)8-5-9(13)7-11(6-8)16(18)19/h5-7,10H,2-4H2,1H3,(H,15,17). The van der Waals surface area contributed by atoms with Crippen molar-refractivity contribution in [2.24, 2.45) is 0 Å². The van der Waals surface area contributed by atoms with E-state index in [2.05, 4.69) is 21.2 Å². The Hall–Kier alpha value is -1.14. The van der Waals surface area contributed by atoms with E-state index in [1.54, 1.807) is 6.07 Å². The monoisotopic (exact) mass is 348 g/mol. The Morgan fingerprint density at radius 2 is 2.21 bits per heavy atom. The summed E-state index contributed by atoms with van der Waals surface area (Å²) in [6, 6.07) is 4.14. The number of benzene rings is 1. The molecule has 0 spiro atoms. The van der Waals surface area contributed by atoms with Crippen molar-refractivity contribution in [3.63, 3.8) is 0 Å². The number of rotatable bonds is 6. The van der Waals surface area contributed by atoms with Crippen molar-refractivity contribution in [3.05, 3.63) is 38.3 Å². The lowest BCUT2D eigenvalue weighted by atomic mass is 10.2. The van der Waals surface area contributed by atoms with Gasteiger partial charge in [0.2, 0.25) is 0 Å². The molecule has 1 rings (SSSR count). The van der Waals surface area contributed by atoms with Crippen LogP contribution in [0, 0.1) is 10.1 Å². The number of alkyl halides is 1. The highest BCUT2D eigenvalue weighted by atomic mass is 79.9. The summed E-state index contributed by atoms with van der Waals surface area (Å²) in [6.07, 6.45) is 1.50. The number of non-ortho nitro benzene ring substituents is 1. The minimum absolute atomic E-state index is 0.0251.